The molecule has 0 fully saturated rings. The highest BCUT2D eigenvalue weighted by Gasteiger charge is 2.14. The van der Waals surface area contributed by atoms with Crippen LogP contribution in [-0.4, -0.2) is 17.5 Å². The number of benzene rings is 1. The maximum Gasteiger partial charge on any atom is 0.0317 e. The van der Waals surface area contributed by atoms with E-state index in [0.717, 1.165) is 18.2 Å². The monoisotopic (exact) mass is 248 g/mol. The van der Waals surface area contributed by atoms with Gasteiger partial charge in [0.1, 0.15) is 0 Å². The Morgan fingerprint density at radius 2 is 1.83 bits per heavy atom. The smallest absolute Gasteiger partial charge is 0.0317 e. The third-order valence-electron chi connectivity index (χ3n) is 3.71. The molecule has 1 aromatic carbocycles. The molecule has 0 spiro atoms. The van der Waals surface area contributed by atoms with Crippen LogP contribution < -0.4 is 5.73 Å². The van der Waals surface area contributed by atoms with E-state index in [1.165, 1.54) is 24.9 Å². The standard InChI is InChI=1S/C16H28N2/c1-5-14(6-2)11-18(13(3)4)12-15-8-7-9-16(17)10-15/h7-10,13-14H,5-6,11-12,17H2,1-4H3. The first kappa shape index (κ1) is 15.0. The molecule has 2 heteroatoms. The molecule has 0 aliphatic heterocycles. The fourth-order valence-electron chi connectivity index (χ4n) is 2.26. The van der Waals surface area contributed by atoms with E-state index in [-0.39, 0.29) is 0 Å². The molecule has 0 heterocycles. The quantitative estimate of drug-likeness (QED) is 0.741. The normalized spacial score (nSPS) is 11.7. The van der Waals surface area contributed by atoms with E-state index >= 15 is 0 Å². The second-order valence-corrected chi connectivity index (χ2v) is 5.45. The van der Waals surface area contributed by atoms with Gasteiger partial charge in [0.15, 0.2) is 0 Å². The van der Waals surface area contributed by atoms with Crippen LogP contribution in [0.1, 0.15) is 46.1 Å². The Morgan fingerprint density at radius 1 is 1.17 bits per heavy atom. The van der Waals surface area contributed by atoms with Crippen molar-refractivity contribution in [2.24, 2.45) is 5.92 Å². The average Bonchev–Trinajstić information content (AvgIpc) is 2.34. The molecule has 0 radical (unpaired) electrons. The fraction of sp³-hybridized carbons (Fsp3) is 0.625. The van der Waals surface area contributed by atoms with Crippen molar-refractivity contribution in [3.05, 3.63) is 29.8 Å². The molecule has 0 aromatic heterocycles. The highest BCUT2D eigenvalue weighted by Crippen LogP contribution is 2.16. The van der Waals surface area contributed by atoms with Crippen LogP contribution in [0.15, 0.2) is 24.3 Å². The van der Waals surface area contributed by atoms with Crippen LogP contribution >= 0.6 is 0 Å². The molecule has 0 unspecified atom stereocenters. The molecule has 102 valence electrons. The van der Waals surface area contributed by atoms with Crippen LogP contribution in [0.25, 0.3) is 0 Å². The van der Waals surface area contributed by atoms with Crippen LogP contribution in [0.5, 0.6) is 0 Å². The van der Waals surface area contributed by atoms with Gasteiger partial charge < -0.3 is 5.73 Å². The zero-order valence-electron chi connectivity index (χ0n) is 12.3. The third-order valence-corrected chi connectivity index (χ3v) is 3.71. The molecule has 2 N–H and O–H groups in total. The minimum absolute atomic E-state index is 0.576. The highest BCUT2D eigenvalue weighted by atomic mass is 15.1. The maximum absolute atomic E-state index is 5.85. The van der Waals surface area contributed by atoms with E-state index in [4.69, 9.17) is 5.73 Å². The van der Waals surface area contributed by atoms with Crippen molar-refractivity contribution in [1.82, 2.24) is 4.90 Å². The summed E-state index contributed by atoms with van der Waals surface area (Å²) in [5.41, 5.74) is 8.02. The SMILES string of the molecule is CCC(CC)CN(Cc1cccc(N)c1)C(C)C. The second-order valence-electron chi connectivity index (χ2n) is 5.45. The van der Waals surface area contributed by atoms with Crippen LogP contribution in [0.2, 0.25) is 0 Å². The first-order chi connectivity index (χ1) is 8.56. The van der Waals surface area contributed by atoms with Crippen molar-refractivity contribution in [3.8, 4) is 0 Å². The van der Waals surface area contributed by atoms with E-state index in [1.54, 1.807) is 0 Å². The lowest BCUT2D eigenvalue weighted by atomic mass is 10.0. The van der Waals surface area contributed by atoms with E-state index in [1.807, 2.05) is 12.1 Å². The van der Waals surface area contributed by atoms with E-state index in [9.17, 15) is 0 Å². The van der Waals surface area contributed by atoms with Gasteiger partial charge in [0.25, 0.3) is 0 Å². The predicted molar refractivity (Wildman–Crippen MR) is 80.5 cm³/mol. The number of nitrogens with zero attached hydrogens (tertiary/aromatic N) is 1. The Kier molecular flexibility index (Phi) is 6.20. The lowest BCUT2D eigenvalue weighted by Crippen LogP contribution is -2.34. The molecule has 0 atom stereocenters. The minimum Gasteiger partial charge on any atom is -0.399 e. The zero-order chi connectivity index (χ0) is 13.5. The highest BCUT2D eigenvalue weighted by molar-refractivity contribution is 5.40. The van der Waals surface area contributed by atoms with Crippen molar-refractivity contribution >= 4 is 5.69 Å². The number of rotatable bonds is 7. The maximum atomic E-state index is 5.85. The van der Waals surface area contributed by atoms with Crippen LogP contribution in [0.3, 0.4) is 0 Å². The van der Waals surface area contributed by atoms with Gasteiger partial charge in [-0.05, 0) is 37.5 Å². The Morgan fingerprint density at radius 3 is 2.33 bits per heavy atom. The van der Waals surface area contributed by atoms with Gasteiger partial charge in [0.2, 0.25) is 0 Å². The Labute approximate surface area is 112 Å². The first-order valence-corrected chi connectivity index (χ1v) is 7.15. The van der Waals surface area contributed by atoms with Crippen molar-refractivity contribution < 1.29 is 0 Å². The molecule has 2 nitrogen and oxygen atoms in total. The lowest BCUT2D eigenvalue weighted by molar-refractivity contribution is 0.174. The topological polar surface area (TPSA) is 29.3 Å². The fourth-order valence-corrected chi connectivity index (χ4v) is 2.26. The summed E-state index contributed by atoms with van der Waals surface area (Å²) in [7, 11) is 0. The van der Waals surface area contributed by atoms with Crippen molar-refractivity contribution in [2.45, 2.75) is 53.1 Å². The van der Waals surface area contributed by atoms with E-state index in [2.05, 4.69) is 44.7 Å². The van der Waals surface area contributed by atoms with E-state index in [0.29, 0.717) is 6.04 Å². The van der Waals surface area contributed by atoms with Gasteiger partial charge in [-0.3, -0.25) is 4.90 Å². The van der Waals surface area contributed by atoms with Gasteiger partial charge in [0.05, 0.1) is 0 Å². The number of nitrogens with two attached hydrogens (primary N) is 1. The largest absolute Gasteiger partial charge is 0.399 e. The molecule has 0 aliphatic carbocycles. The van der Waals surface area contributed by atoms with Gasteiger partial charge in [-0.2, -0.15) is 0 Å². The Balaban J connectivity index is 2.68. The van der Waals surface area contributed by atoms with Gasteiger partial charge >= 0.3 is 0 Å². The molecule has 1 rings (SSSR count). The Hall–Kier alpha value is -1.02. The first-order valence-electron chi connectivity index (χ1n) is 7.15. The summed E-state index contributed by atoms with van der Waals surface area (Å²) < 4.78 is 0. The van der Waals surface area contributed by atoms with Gasteiger partial charge in [-0.1, -0.05) is 38.8 Å². The van der Waals surface area contributed by atoms with E-state index < -0.39 is 0 Å². The molecule has 0 bridgehead atoms. The number of nitrogen functional groups attached to an aromatic ring is 1. The summed E-state index contributed by atoms with van der Waals surface area (Å²) in [6.45, 7) is 11.3. The number of anilines is 1. The lowest BCUT2D eigenvalue weighted by Gasteiger charge is -2.30. The van der Waals surface area contributed by atoms with Gasteiger partial charge in [-0.25, -0.2) is 0 Å². The summed E-state index contributed by atoms with van der Waals surface area (Å²) in [5, 5.41) is 0. The van der Waals surface area contributed by atoms with Crippen LogP contribution in [0, 0.1) is 5.92 Å². The van der Waals surface area contributed by atoms with Crippen LogP contribution in [0.4, 0.5) is 5.69 Å². The van der Waals surface area contributed by atoms with Gasteiger partial charge in [0, 0.05) is 24.8 Å². The molecule has 18 heavy (non-hydrogen) atoms. The van der Waals surface area contributed by atoms with Crippen molar-refractivity contribution in [2.75, 3.05) is 12.3 Å². The van der Waals surface area contributed by atoms with Crippen molar-refractivity contribution in [3.63, 3.8) is 0 Å². The average molecular weight is 248 g/mol. The van der Waals surface area contributed by atoms with Gasteiger partial charge in [-0.15, -0.1) is 0 Å². The molecule has 1 aromatic rings. The summed E-state index contributed by atoms with van der Waals surface area (Å²) in [6.07, 6.45) is 2.52. The number of hydrogen-bond donors (Lipinski definition) is 1. The Bertz CT molecular complexity index is 343. The molecule has 0 aliphatic rings. The molecule has 0 amide bonds. The molecular weight excluding hydrogens is 220 g/mol. The summed E-state index contributed by atoms with van der Waals surface area (Å²) in [4.78, 5) is 2.55. The minimum atomic E-state index is 0.576. The number of hydrogen-bond acceptors (Lipinski definition) is 2. The van der Waals surface area contributed by atoms with Crippen molar-refractivity contribution in [1.29, 1.82) is 0 Å². The summed E-state index contributed by atoms with van der Waals surface area (Å²) in [6, 6.07) is 8.82. The molecule has 0 saturated heterocycles. The third kappa shape index (κ3) is 4.69. The zero-order valence-corrected chi connectivity index (χ0v) is 12.3. The summed E-state index contributed by atoms with van der Waals surface area (Å²) in [5.74, 6) is 0.799. The molecule has 0 saturated carbocycles. The second kappa shape index (κ2) is 7.42. The van der Waals surface area contributed by atoms with Crippen LogP contribution in [-0.2, 0) is 6.54 Å². The predicted octanol–water partition coefficient (Wildman–Crippen LogP) is 3.92. The molecular formula is C16H28N2. The summed E-state index contributed by atoms with van der Waals surface area (Å²) >= 11 is 0.